The van der Waals surface area contributed by atoms with Crippen molar-refractivity contribution in [3.05, 3.63) is 59.7 Å². The molecule has 0 atom stereocenters. The second-order valence-electron chi connectivity index (χ2n) is 7.14. The third-order valence-corrected chi connectivity index (χ3v) is 4.55. The van der Waals surface area contributed by atoms with E-state index in [9.17, 15) is 9.59 Å². The van der Waals surface area contributed by atoms with Crippen LogP contribution in [0.3, 0.4) is 0 Å². The number of carbonyl (C=O) groups excluding carboxylic acids is 2. The number of anilines is 1. The van der Waals surface area contributed by atoms with Gasteiger partial charge in [0.25, 0.3) is 5.91 Å². The second-order valence-corrected chi connectivity index (χ2v) is 7.14. The number of hydrogen-bond donors (Lipinski definition) is 1. The quantitative estimate of drug-likeness (QED) is 0.749. The highest BCUT2D eigenvalue weighted by atomic mass is 16.6. The van der Waals surface area contributed by atoms with Crippen LogP contribution in [-0.4, -0.2) is 31.8 Å². The van der Waals surface area contributed by atoms with Gasteiger partial charge in [0.15, 0.2) is 0 Å². The number of nitrogens with one attached hydrogen (secondary N) is 1. The average Bonchev–Trinajstić information content (AvgIpc) is 3.13. The van der Waals surface area contributed by atoms with Crippen LogP contribution in [0, 0.1) is 5.92 Å². The number of rotatable bonds is 8. The highest BCUT2D eigenvalue weighted by Gasteiger charge is 2.24. The molecular weight excluding hydrogens is 356 g/mol. The van der Waals surface area contributed by atoms with E-state index in [2.05, 4.69) is 19.2 Å². The monoisotopic (exact) mass is 382 g/mol. The lowest BCUT2D eigenvalue weighted by molar-refractivity contribution is 0.0950. The topological polar surface area (TPSA) is 67.9 Å². The predicted octanol–water partition coefficient (Wildman–Crippen LogP) is 4.00. The van der Waals surface area contributed by atoms with Crippen molar-refractivity contribution in [2.24, 2.45) is 5.92 Å². The molecule has 6 heteroatoms. The molecule has 0 radical (unpaired) electrons. The summed E-state index contributed by atoms with van der Waals surface area (Å²) in [5.74, 6) is 1.16. The van der Waals surface area contributed by atoms with E-state index in [-0.39, 0.29) is 12.0 Å². The van der Waals surface area contributed by atoms with Gasteiger partial charge in [0.2, 0.25) is 0 Å². The van der Waals surface area contributed by atoms with Crippen LogP contribution < -0.4 is 15.0 Å². The molecule has 0 unspecified atom stereocenters. The Bertz CT molecular complexity index is 835. The Morgan fingerprint density at radius 1 is 1.21 bits per heavy atom. The van der Waals surface area contributed by atoms with E-state index < -0.39 is 0 Å². The van der Waals surface area contributed by atoms with Crippen molar-refractivity contribution in [2.75, 3.05) is 24.7 Å². The fourth-order valence-electron chi connectivity index (χ4n) is 2.92. The summed E-state index contributed by atoms with van der Waals surface area (Å²) >= 11 is 0. The maximum absolute atomic E-state index is 12.6. The van der Waals surface area contributed by atoms with E-state index in [4.69, 9.17) is 9.47 Å². The van der Waals surface area contributed by atoms with E-state index in [0.29, 0.717) is 43.5 Å². The van der Waals surface area contributed by atoms with Crippen molar-refractivity contribution in [2.45, 2.75) is 26.8 Å². The molecule has 1 fully saturated rings. The van der Waals surface area contributed by atoms with Gasteiger partial charge in [0.05, 0.1) is 13.2 Å². The summed E-state index contributed by atoms with van der Waals surface area (Å²) in [4.78, 5) is 25.8. The third-order valence-electron chi connectivity index (χ3n) is 4.55. The first-order chi connectivity index (χ1) is 13.5. The van der Waals surface area contributed by atoms with Crippen LogP contribution in [0.5, 0.6) is 5.75 Å². The minimum atomic E-state index is -0.384. The van der Waals surface area contributed by atoms with E-state index in [1.165, 1.54) is 4.90 Å². The molecule has 148 valence electrons. The SMILES string of the molecule is CC(C)CCOc1ccccc1CNC(=O)c1cccc(N2CCOC2=O)c1. The molecule has 1 heterocycles. The molecule has 0 aliphatic carbocycles. The molecule has 1 aliphatic heterocycles. The van der Waals surface area contributed by atoms with Gasteiger partial charge in [0.1, 0.15) is 12.4 Å². The molecule has 2 aromatic rings. The third kappa shape index (κ3) is 5.03. The van der Waals surface area contributed by atoms with Gasteiger partial charge in [-0.25, -0.2) is 4.79 Å². The van der Waals surface area contributed by atoms with Crippen LogP contribution >= 0.6 is 0 Å². The Balaban J connectivity index is 1.62. The summed E-state index contributed by atoms with van der Waals surface area (Å²) in [7, 11) is 0. The van der Waals surface area contributed by atoms with Gasteiger partial charge >= 0.3 is 6.09 Å². The minimum Gasteiger partial charge on any atom is -0.493 e. The van der Waals surface area contributed by atoms with E-state index >= 15 is 0 Å². The second kappa shape index (κ2) is 9.26. The van der Waals surface area contributed by atoms with Crippen LogP contribution in [0.2, 0.25) is 0 Å². The molecular formula is C22H26N2O4. The lowest BCUT2D eigenvalue weighted by Crippen LogP contribution is -2.25. The summed E-state index contributed by atoms with van der Waals surface area (Å²) in [5.41, 5.74) is 2.09. The van der Waals surface area contributed by atoms with Crippen LogP contribution in [-0.2, 0) is 11.3 Å². The fourth-order valence-corrected chi connectivity index (χ4v) is 2.92. The van der Waals surface area contributed by atoms with Crippen LogP contribution in [0.25, 0.3) is 0 Å². The van der Waals surface area contributed by atoms with Crippen molar-refractivity contribution in [1.82, 2.24) is 5.32 Å². The molecule has 0 bridgehead atoms. The Kier molecular flexibility index (Phi) is 6.53. The average molecular weight is 382 g/mol. The molecule has 6 nitrogen and oxygen atoms in total. The zero-order chi connectivity index (χ0) is 19.9. The van der Waals surface area contributed by atoms with Crippen molar-refractivity contribution in [3.8, 4) is 5.75 Å². The zero-order valence-corrected chi connectivity index (χ0v) is 16.3. The number of hydrogen-bond acceptors (Lipinski definition) is 4. The van der Waals surface area contributed by atoms with Crippen LogP contribution in [0.4, 0.5) is 10.5 Å². The maximum Gasteiger partial charge on any atom is 0.414 e. The molecule has 1 saturated heterocycles. The highest BCUT2D eigenvalue weighted by Crippen LogP contribution is 2.21. The van der Waals surface area contributed by atoms with Gasteiger partial charge in [-0.2, -0.15) is 0 Å². The summed E-state index contributed by atoms with van der Waals surface area (Å²) in [5, 5.41) is 2.93. The lowest BCUT2D eigenvalue weighted by Gasteiger charge is -2.15. The molecule has 1 N–H and O–H groups in total. The van der Waals surface area contributed by atoms with Crippen LogP contribution in [0.15, 0.2) is 48.5 Å². The number of ether oxygens (including phenoxy) is 2. The summed E-state index contributed by atoms with van der Waals surface area (Å²) in [6.45, 7) is 6.19. The first-order valence-corrected chi connectivity index (χ1v) is 9.58. The van der Waals surface area contributed by atoms with Gasteiger partial charge in [-0.1, -0.05) is 38.1 Å². The van der Waals surface area contributed by atoms with Crippen LogP contribution in [0.1, 0.15) is 36.2 Å². The number of nitrogens with zero attached hydrogens (tertiary/aromatic N) is 1. The molecule has 0 aromatic heterocycles. The maximum atomic E-state index is 12.6. The van der Waals surface area contributed by atoms with Gasteiger partial charge in [-0.3, -0.25) is 9.69 Å². The van der Waals surface area contributed by atoms with E-state index in [1.807, 2.05) is 24.3 Å². The van der Waals surface area contributed by atoms with Crippen molar-refractivity contribution >= 4 is 17.7 Å². The highest BCUT2D eigenvalue weighted by molar-refractivity contribution is 5.97. The Labute approximate surface area is 165 Å². The minimum absolute atomic E-state index is 0.202. The number of benzene rings is 2. The number of para-hydroxylation sites is 1. The number of cyclic esters (lactones) is 1. The van der Waals surface area contributed by atoms with Gasteiger partial charge in [-0.05, 0) is 36.6 Å². The summed E-state index contributed by atoms with van der Waals surface area (Å²) in [6, 6.07) is 14.7. The van der Waals surface area contributed by atoms with E-state index in [0.717, 1.165) is 17.7 Å². The molecule has 2 amide bonds. The standard InChI is InChI=1S/C22H26N2O4/c1-16(2)10-12-27-20-9-4-3-6-18(20)15-23-21(25)17-7-5-8-19(14-17)24-11-13-28-22(24)26/h3-9,14,16H,10-13,15H2,1-2H3,(H,23,25). The van der Waals surface area contributed by atoms with Gasteiger partial charge in [0, 0.05) is 23.4 Å². The largest absolute Gasteiger partial charge is 0.493 e. The molecule has 2 aromatic carbocycles. The Hall–Kier alpha value is -3.02. The lowest BCUT2D eigenvalue weighted by atomic mass is 10.1. The van der Waals surface area contributed by atoms with Crippen molar-refractivity contribution < 1.29 is 19.1 Å². The smallest absolute Gasteiger partial charge is 0.414 e. The summed E-state index contributed by atoms with van der Waals surface area (Å²) < 4.78 is 10.8. The summed E-state index contributed by atoms with van der Waals surface area (Å²) in [6.07, 6.45) is 0.594. The molecule has 28 heavy (non-hydrogen) atoms. The first-order valence-electron chi connectivity index (χ1n) is 9.58. The molecule has 0 saturated carbocycles. The number of amides is 2. The Morgan fingerprint density at radius 2 is 2.04 bits per heavy atom. The number of carbonyl (C=O) groups is 2. The zero-order valence-electron chi connectivity index (χ0n) is 16.3. The van der Waals surface area contributed by atoms with Gasteiger partial charge in [-0.15, -0.1) is 0 Å². The van der Waals surface area contributed by atoms with Crippen molar-refractivity contribution in [3.63, 3.8) is 0 Å². The molecule has 1 aliphatic rings. The van der Waals surface area contributed by atoms with Gasteiger partial charge < -0.3 is 14.8 Å². The molecule has 0 spiro atoms. The van der Waals surface area contributed by atoms with Crippen molar-refractivity contribution in [1.29, 1.82) is 0 Å². The predicted molar refractivity (Wildman–Crippen MR) is 108 cm³/mol. The fraction of sp³-hybridized carbons (Fsp3) is 0.364. The molecule has 3 rings (SSSR count). The normalized spacial score (nSPS) is 13.5. The first kappa shape index (κ1) is 19.7. The Morgan fingerprint density at radius 3 is 2.79 bits per heavy atom. The van der Waals surface area contributed by atoms with E-state index in [1.54, 1.807) is 24.3 Å².